The summed E-state index contributed by atoms with van der Waals surface area (Å²) in [6.07, 6.45) is 3.97. The number of aryl methyl sites for hydroxylation is 1. The topological polar surface area (TPSA) is 62.0 Å². The number of rotatable bonds is 9. The van der Waals surface area contributed by atoms with Crippen LogP contribution in [0.15, 0.2) is 79.0 Å². The number of ether oxygens (including phenoxy) is 1. The summed E-state index contributed by atoms with van der Waals surface area (Å²) in [5, 5.41) is 9.56. The second-order valence-electron chi connectivity index (χ2n) is 8.64. The van der Waals surface area contributed by atoms with E-state index in [0.29, 0.717) is 6.61 Å². The van der Waals surface area contributed by atoms with Gasteiger partial charge in [0.2, 0.25) is 0 Å². The predicted molar refractivity (Wildman–Crippen MR) is 142 cm³/mol. The Kier molecular flexibility index (Phi) is 6.45. The monoisotopic (exact) mass is 450 g/mol. The van der Waals surface area contributed by atoms with E-state index in [2.05, 4.69) is 94.6 Å². The van der Waals surface area contributed by atoms with Gasteiger partial charge in [0, 0.05) is 58.9 Å². The lowest BCUT2D eigenvalue weighted by molar-refractivity contribution is 0.202. The molecule has 5 heteroatoms. The summed E-state index contributed by atoms with van der Waals surface area (Å²) >= 11 is 0. The molecule has 0 aliphatic carbocycles. The quantitative estimate of drug-likeness (QED) is 0.236. The molecule has 2 aromatic heterocycles. The summed E-state index contributed by atoms with van der Waals surface area (Å²) in [7, 11) is 1.74. The van der Waals surface area contributed by atoms with E-state index >= 15 is 0 Å². The van der Waals surface area contributed by atoms with Crippen molar-refractivity contribution in [3.63, 3.8) is 0 Å². The SMILES string of the molecule is COCCc1ccc2nc(C)cc(Nc3ccc(NCCc4c[nH]c5ccccc45)cc3)c2c1. The zero-order chi connectivity index (χ0) is 23.3. The molecule has 0 saturated heterocycles. The molecule has 3 N–H and O–H groups in total. The van der Waals surface area contributed by atoms with E-state index in [9.17, 15) is 0 Å². The third-order valence-electron chi connectivity index (χ3n) is 6.16. The summed E-state index contributed by atoms with van der Waals surface area (Å²) in [6, 6.07) is 25.5. The molecule has 0 spiro atoms. The zero-order valence-corrected chi connectivity index (χ0v) is 19.7. The third-order valence-corrected chi connectivity index (χ3v) is 6.16. The first-order valence-corrected chi connectivity index (χ1v) is 11.7. The molecule has 0 bridgehead atoms. The number of methoxy groups -OCH3 is 1. The van der Waals surface area contributed by atoms with Crippen molar-refractivity contribution in [3.05, 3.63) is 95.8 Å². The van der Waals surface area contributed by atoms with Crippen LogP contribution < -0.4 is 10.6 Å². The Morgan fingerprint density at radius 3 is 2.56 bits per heavy atom. The lowest BCUT2D eigenvalue weighted by Gasteiger charge is -2.13. The van der Waals surface area contributed by atoms with Crippen molar-refractivity contribution in [2.24, 2.45) is 0 Å². The van der Waals surface area contributed by atoms with E-state index in [4.69, 9.17) is 9.72 Å². The standard InChI is InChI=1S/C29H30N4O/c1-20-17-29(26-18-21(14-16-34-2)7-12-28(26)32-20)33-24-10-8-23(9-11-24)30-15-13-22-19-31-27-6-4-3-5-25(22)27/h3-12,17-19,30-31H,13-16H2,1-2H3,(H,32,33). The number of hydrogen-bond acceptors (Lipinski definition) is 4. The largest absolute Gasteiger partial charge is 0.385 e. The van der Waals surface area contributed by atoms with Crippen LogP contribution in [0.4, 0.5) is 17.1 Å². The number of anilines is 3. The Labute approximate surface area is 200 Å². The second-order valence-corrected chi connectivity index (χ2v) is 8.64. The number of aromatic amines is 1. The van der Waals surface area contributed by atoms with E-state index in [1.54, 1.807) is 7.11 Å². The number of aromatic nitrogens is 2. The van der Waals surface area contributed by atoms with Gasteiger partial charge in [-0.2, -0.15) is 0 Å². The van der Waals surface area contributed by atoms with Crippen LogP contribution in [-0.4, -0.2) is 30.2 Å². The van der Waals surface area contributed by atoms with Crippen molar-refractivity contribution < 1.29 is 4.74 Å². The van der Waals surface area contributed by atoms with Crippen LogP contribution in [0.1, 0.15) is 16.8 Å². The minimum atomic E-state index is 0.711. The molecule has 0 fully saturated rings. The van der Waals surface area contributed by atoms with Gasteiger partial charge in [-0.1, -0.05) is 24.3 Å². The number of benzene rings is 3. The molecule has 5 aromatic rings. The molecule has 5 nitrogen and oxygen atoms in total. The number of pyridine rings is 1. The van der Waals surface area contributed by atoms with Gasteiger partial charge in [0.25, 0.3) is 0 Å². The molecule has 34 heavy (non-hydrogen) atoms. The van der Waals surface area contributed by atoms with Gasteiger partial charge in [0.1, 0.15) is 0 Å². The molecular weight excluding hydrogens is 420 g/mol. The number of para-hydroxylation sites is 1. The van der Waals surface area contributed by atoms with Gasteiger partial charge in [-0.15, -0.1) is 0 Å². The zero-order valence-electron chi connectivity index (χ0n) is 19.7. The second kappa shape index (κ2) is 9.98. The fraction of sp³-hybridized carbons (Fsp3) is 0.207. The Morgan fingerprint density at radius 2 is 1.71 bits per heavy atom. The maximum atomic E-state index is 5.24. The molecule has 2 heterocycles. The van der Waals surface area contributed by atoms with Gasteiger partial charge in [-0.05, 0) is 79.4 Å². The van der Waals surface area contributed by atoms with Crippen molar-refractivity contribution in [2.75, 3.05) is 30.9 Å². The summed E-state index contributed by atoms with van der Waals surface area (Å²) in [6.45, 7) is 3.62. The number of nitrogens with zero attached hydrogens (tertiary/aromatic N) is 1. The van der Waals surface area contributed by atoms with Gasteiger partial charge in [0.15, 0.2) is 0 Å². The van der Waals surface area contributed by atoms with Crippen LogP contribution in [0, 0.1) is 6.92 Å². The van der Waals surface area contributed by atoms with Crippen molar-refractivity contribution in [1.82, 2.24) is 9.97 Å². The average molecular weight is 451 g/mol. The van der Waals surface area contributed by atoms with Crippen LogP contribution in [0.5, 0.6) is 0 Å². The van der Waals surface area contributed by atoms with E-state index in [1.807, 2.05) is 6.92 Å². The fourth-order valence-electron chi connectivity index (χ4n) is 4.39. The molecule has 5 rings (SSSR count). The van der Waals surface area contributed by atoms with Gasteiger partial charge < -0.3 is 20.4 Å². The number of hydrogen-bond donors (Lipinski definition) is 3. The summed E-state index contributed by atoms with van der Waals surface area (Å²) in [5.74, 6) is 0. The molecule has 0 radical (unpaired) electrons. The van der Waals surface area contributed by atoms with Crippen molar-refractivity contribution in [3.8, 4) is 0 Å². The van der Waals surface area contributed by atoms with Crippen molar-refractivity contribution in [1.29, 1.82) is 0 Å². The molecule has 3 aromatic carbocycles. The first-order valence-electron chi connectivity index (χ1n) is 11.7. The predicted octanol–water partition coefficient (Wildman–Crippen LogP) is 6.61. The van der Waals surface area contributed by atoms with Crippen LogP contribution in [0.3, 0.4) is 0 Å². The minimum Gasteiger partial charge on any atom is -0.385 e. The van der Waals surface area contributed by atoms with Crippen LogP contribution >= 0.6 is 0 Å². The van der Waals surface area contributed by atoms with Gasteiger partial charge in [0.05, 0.1) is 12.1 Å². The van der Waals surface area contributed by atoms with Crippen LogP contribution in [0.25, 0.3) is 21.8 Å². The number of nitrogens with one attached hydrogen (secondary N) is 3. The number of fused-ring (bicyclic) bond motifs is 2. The highest BCUT2D eigenvalue weighted by molar-refractivity contribution is 5.93. The van der Waals surface area contributed by atoms with Crippen LogP contribution in [0.2, 0.25) is 0 Å². The smallest absolute Gasteiger partial charge is 0.0726 e. The maximum Gasteiger partial charge on any atom is 0.0726 e. The molecule has 0 aliphatic rings. The summed E-state index contributed by atoms with van der Waals surface area (Å²) < 4.78 is 5.24. The number of H-pyrrole nitrogens is 1. The third kappa shape index (κ3) is 4.90. The highest BCUT2D eigenvalue weighted by Gasteiger charge is 2.07. The van der Waals surface area contributed by atoms with Crippen LogP contribution in [-0.2, 0) is 17.6 Å². The minimum absolute atomic E-state index is 0.711. The molecule has 0 unspecified atom stereocenters. The van der Waals surface area contributed by atoms with Crippen molar-refractivity contribution >= 4 is 38.9 Å². The fourth-order valence-corrected chi connectivity index (χ4v) is 4.39. The van der Waals surface area contributed by atoms with E-state index in [1.165, 1.54) is 22.0 Å². The molecule has 172 valence electrons. The Bertz CT molecular complexity index is 1410. The lowest BCUT2D eigenvalue weighted by Crippen LogP contribution is -2.04. The highest BCUT2D eigenvalue weighted by atomic mass is 16.5. The maximum absolute atomic E-state index is 5.24. The van der Waals surface area contributed by atoms with E-state index < -0.39 is 0 Å². The van der Waals surface area contributed by atoms with Crippen molar-refractivity contribution in [2.45, 2.75) is 19.8 Å². The summed E-state index contributed by atoms with van der Waals surface area (Å²) in [4.78, 5) is 8.05. The molecule has 0 saturated carbocycles. The Morgan fingerprint density at radius 1 is 0.882 bits per heavy atom. The highest BCUT2D eigenvalue weighted by Crippen LogP contribution is 2.28. The van der Waals surface area contributed by atoms with Gasteiger partial charge in [-0.25, -0.2) is 0 Å². The van der Waals surface area contributed by atoms with E-state index in [-0.39, 0.29) is 0 Å². The Hall–Kier alpha value is -3.83. The average Bonchev–Trinajstić information content (AvgIpc) is 3.27. The molecule has 0 amide bonds. The van der Waals surface area contributed by atoms with E-state index in [0.717, 1.165) is 53.0 Å². The van der Waals surface area contributed by atoms with Gasteiger partial charge >= 0.3 is 0 Å². The Balaban J connectivity index is 1.26. The molecular formula is C29H30N4O. The molecule has 0 atom stereocenters. The molecule has 0 aliphatic heterocycles. The first kappa shape index (κ1) is 22.0. The normalized spacial score (nSPS) is 11.2. The summed E-state index contributed by atoms with van der Waals surface area (Å²) in [5.41, 5.74) is 9.01. The van der Waals surface area contributed by atoms with Gasteiger partial charge in [-0.3, -0.25) is 4.98 Å². The first-order chi connectivity index (χ1) is 16.7. The lowest BCUT2D eigenvalue weighted by atomic mass is 10.1.